The minimum Gasteiger partial charge on any atom is -0.462 e. The molecular formula is C28H43FN3O9PSi. The second kappa shape index (κ2) is 13.2. The van der Waals surface area contributed by atoms with E-state index in [2.05, 4.69) is 10.1 Å². The molecule has 43 heavy (non-hydrogen) atoms. The van der Waals surface area contributed by atoms with E-state index in [1.165, 1.54) is 13.8 Å². The summed E-state index contributed by atoms with van der Waals surface area (Å²) in [5.41, 5.74) is -3.81. The largest absolute Gasteiger partial charge is 0.462 e. The highest BCUT2D eigenvalue weighted by molar-refractivity contribution is 7.52. The normalized spacial score (nSPS) is 24.9. The van der Waals surface area contributed by atoms with Crippen molar-refractivity contribution in [2.24, 2.45) is 0 Å². The molecule has 240 valence electrons. The molecule has 1 aliphatic heterocycles. The highest BCUT2D eigenvalue weighted by Crippen LogP contribution is 2.50. The highest BCUT2D eigenvalue weighted by atomic mass is 31.2. The molecule has 1 fully saturated rings. The zero-order valence-electron chi connectivity index (χ0n) is 26.1. The van der Waals surface area contributed by atoms with Gasteiger partial charge in [-0.05, 0) is 58.0 Å². The summed E-state index contributed by atoms with van der Waals surface area (Å²) >= 11 is 0. The Morgan fingerprint density at radius 1 is 1.19 bits per heavy atom. The van der Waals surface area contributed by atoms with Crippen LogP contribution >= 0.6 is 7.75 Å². The first-order chi connectivity index (χ1) is 19.8. The molecule has 0 radical (unpaired) electrons. The molecule has 2 aromatic rings. The molecule has 0 aliphatic carbocycles. The topological polar surface area (TPSA) is 147 Å². The maximum atomic E-state index is 16.8. The predicted octanol–water partition coefficient (Wildman–Crippen LogP) is 4.69. The van der Waals surface area contributed by atoms with Crippen LogP contribution in [0.25, 0.3) is 0 Å². The number of esters is 1. The minimum atomic E-state index is -4.32. The number of alkyl halides is 1. The van der Waals surface area contributed by atoms with Gasteiger partial charge in [0, 0.05) is 12.3 Å². The third kappa shape index (κ3) is 8.52. The van der Waals surface area contributed by atoms with Gasteiger partial charge in [0.15, 0.2) is 20.2 Å². The molecule has 3 rings (SSSR count). The van der Waals surface area contributed by atoms with Gasteiger partial charge in [-0.2, -0.15) is 5.09 Å². The van der Waals surface area contributed by atoms with E-state index in [-0.39, 0.29) is 10.8 Å². The lowest BCUT2D eigenvalue weighted by molar-refractivity contribution is -0.149. The van der Waals surface area contributed by atoms with E-state index in [1.54, 1.807) is 44.2 Å². The third-order valence-electron chi connectivity index (χ3n) is 7.45. The molecule has 1 aliphatic rings. The van der Waals surface area contributed by atoms with Crippen LogP contribution in [0.5, 0.6) is 5.75 Å². The Labute approximate surface area is 251 Å². The number of aromatic amines is 1. The number of carbonyl (C=O) groups excluding carboxylic acids is 1. The maximum absolute atomic E-state index is 16.8. The van der Waals surface area contributed by atoms with Crippen LogP contribution in [-0.2, 0) is 27.8 Å². The molecule has 0 bridgehead atoms. The molecule has 1 unspecified atom stereocenters. The number of carbonyl (C=O) groups is 1. The third-order valence-corrected chi connectivity index (χ3v) is 13.5. The van der Waals surface area contributed by atoms with Crippen molar-refractivity contribution < 1.29 is 36.7 Å². The van der Waals surface area contributed by atoms with Gasteiger partial charge in [-0.25, -0.2) is 13.8 Å². The monoisotopic (exact) mass is 643 g/mol. The number of nitrogens with zero attached hydrogens (tertiary/aromatic N) is 1. The average Bonchev–Trinajstić information content (AvgIpc) is 3.11. The van der Waals surface area contributed by atoms with Crippen molar-refractivity contribution in [3.05, 3.63) is 63.4 Å². The number of nitrogens with one attached hydrogen (secondary N) is 2. The van der Waals surface area contributed by atoms with Crippen LogP contribution in [-0.4, -0.2) is 60.5 Å². The van der Waals surface area contributed by atoms with Crippen LogP contribution in [0.3, 0.4) is 0 Å². The Bertz CT molecular complexity index is 1420. The fourth-order valence-electron chi connectivity index (χ4n) is 4.14. The quantitative estimate of drug-likeness (QED) is 0.190. The highest BCUT2D eigenvalue weighted by Gasteiger charge is 2.59. The smallest absolute Gasteiger partial charge is 0.459 e. The van der Waals surface area contributed by atoms with Crippen molar-refractivity contribution in [1.29, 1.82) is 0 Å². The SMILES string of the molecule is CC(C)OC(=O)[C@H](C)NP(=O)(OC[C@H]1O[C@@H](n2ccc(=O)[nH]c2=O)[C@](C)(F)[C@@H]1O[Si](C)(C)C(C)(C)C)Oc1ccccc1. The molecule has 1 aromatic heterocycles. The summed E-state index contributed by atoms with van der Waals surface area (Å²) in [6.45, 7) is 15.4. The first-order valence-corrected chi connectivity index (χ1v) is 18.5. The number of ether oxygens (including phenoxy) is 2. The number of rotatable bonds is 12. The summed E-state index contributed by atoms with van der Waals surface area (Å²) in [5, 5.41) is 2.28. The van der Waals surface area contributed by atoms with Gasteiger partial charge in [-0.3, -0.25) is 23.7 Å². The summed E-state index contributed by atoms with van der Waals surface area (Å²) in [4.78, 5) is 38.9. The van der Waals surface area contributed by atoms with Crippen LogP contribution in [0.1, 0.15) is 54.7 Å². The first-order valence-electron chi connectivity index (χ1n) is 14.1. The van der Waals surface area contributed by atoms with Crippen LogP contribution in [0, 0.1) is 0 Å². The van der Waals surface area contributed by atoms with Crippen molar-refractivity contribution in [3.8, 4) is 5.75 Å². The first kappa shape index (κ1) is 34.9. The molecular weight excluding hydrogens is 600 g/mol. The molecule has 15 heteroatoms. The van der Waals surface area contributed by atoms with Crippen LogP contribution in [0.15, 0.2) is 52.2 Å². The molecule has 2 heterocycles. The summed E-state index contributed by atoms with van der Waals surface area (Å²) in [6.07, 6.45) is -3.24. The summed E-state index contributed by atoms with van der Waals surface area (Å²) < 4.78 is 61.1. The van der Waals surface area contributed by atoms with Gasteiger partial charge in [0.25, 0.3) is 5.56 Å². The molecule has 0 saturated carbocycles. The molecule has 12 nitrogen and oxygen atoms in total. The maximum Gasteiger partial charge on any atom is 0.459 e. The Morgan fingerprint density at radius 2 is 1.81 bits per heavy atom. The van der Waals surface area contributed by atoms with Gasteiger partial charge in [-0.15, -0.1) is 0 Å². The lowest BCUT2D eigenvalue weighted by atomic mass is 9.98. The molecule has 0 amide bonds. The van der Waals surface area contributed by atoms with Gasteiger partial charge in [0.2, 0.25) is 0 Å². The lowest BCUT2D eigenvalue weighted by Gasteiger charge is -2.41. The number of H-pyrrole nitrogens is 1. The molecule has 0 spiro atoms. The van der Waals surface area contributed by atoms with Gasteiger partial charge in [0.1, 0.15) is 24.0 Å². The number of halogens is 1. The van der Waals surface area contributed by atoms with Crippen molar-refractivity contribution in [2.45, 2.75) is 103 Å². The number of hydrogen-bond donors (Lipinski definition) is 2. The summed E-state index contributed by atoms with van der Waals surface area (Å²) in [6, 6.07) is 8.17. The van der Waals surface area contributed by atoms with E-state index in [1.807, 2.05) is 33.9 Å². The summed E-state index contributed by atoms with van der Waals surface area (Å²) in [5.74, 6) is -0.488. The average molecular weight is 644 g/mol. The zero-order chi connectivity index (χ0) is 32.4. The van der Waals surface area contributed by atoms with Crippen molar-refractivity contribution in [3.63, 3.8) is 0 Å². The van der Waals surface area contributed by atoms with Crippen molar-refractivity contribution in [1.82, 2.24) is 14.6 Å². The number of hydrogen-bond acceptors (Lipinski definition) is 9. The lowest BCUT2D eigenvalue weighted by Crippen LogP contribution is -2.53. The van der Waals surface area contributed by atoms with Gasteiger partial charge < -0.3 is 18.4 Å². The Hall–Kier alpha value is -2.61. The van der Waals surface area contributed by atoms with Crippen molar-refractivity contribution in [2.75, 3.05) is 6.61 Å². The number of para-hydroxylation sites is 1. The van der Waals surface area contributed by atoms with Gasteiger partial charge in [0.05, 0.1) is 12.7 Å². The number of aromatic nitrogens is 2. The Kier molecular flexibility index (Phi) is 10.7. The standard InChI is InChI=1S/C28H43FN3O9PSi/c1-18(2)38-24(34)19(3)31-42(36,40-20-13-11-10-12-14-20)37-17-21-23(41-43(8,9)27(4,5)6)28(7,29)25(39-21)32-16-15-22(33)30-26(32)35/h10-16,18-19,21,23,25H,17H2,1-9H3,(H,31,36)(H,30,33,35)/t19-,21+,23+,25+,28+,42?/m0/s1. The van der Waals surface area contributed by atoms with E-state index in [0.717, 1.165) is 16.8 Å². The van der Waals surface area contributed by atoms with E-state index in [9.17, 15) is 18.9 Å². The Balaban J connectivity index is 1.97. The van der Waals surface area contributed by atoms with E-state index >= 15 is 4.39 Å². The van der Waals surface area contributed by atoms with E-state index < -0.39 is 76.1 Å². The van der Waals surface area contributed by atoms with Crippen molar-refractivity contribution >= 4 is 22.0 Å². The second-order valence-corrected chi connectivity index (χ2v) is 19.0. The van der Waals surface area contributed by atoms with Gasteiger partial charge in [-0.1, -0.05) is 39.0 Å². The minimum absolute atomic E-state index is 0.192. The van der Waals surface area contributed by atoms with Gasteiger partial charge >= 0.3 is 19.4 Å². The fourth-order valence-corrected chi connectivity index (χ4v) is 7.01. The van der Waals surface area contributed by atoms with Crippen LogP contribution in [0.2, 0.25) is 18.1 Å². The molecule has 1 saturated heterocycles. The van der Waals surface area contributed by atoms with Crippen LogP contribution in [0.4, 0.5) is 4.39 Å². The second-order valence-electron chi connectivity index (χ2n) is 12.5. The van der Waals surface area contributed by atoms with E-state index in [4.69, 9.17) is 22.9 Å². The molecule has 2 N–H and O–H groups in total. The summed E-state index contributed by atoms with van der Waals surface area (Å²) in [7, 11) is -6.96. The van der Waals surface area contributed by atoms with E-state index in [0.29, 0.717) is 0 Å². The predicted molar refractivity (Wildman–Crippen MR) is 161 cm³/mol. The Morgan fingerprint density at radius 3 is 2.37 bits per heavy atom. The number of benzene rings is 1. The fraction of sp³-hybridized carbons (Fsp3) is 0.607. The van der Waals surface area contributed by atoms with Crippen LogP contribution < -0.4 is 20.9 Å². The molecule has 1 aromatic carbocycles. The zero-order valence-corrected chi connectivity index (χ0v) is 28.0. The molecule has 6 atom stereocenters.